The summed E-state index contributed by atoms with van der Waals surface area (Å²) in [5, 5.41) is 26.6. The highest BCUT2D eigenvalue weighted by Crippen LogP contribution is 2.29. The lowest BCUT2D eigenvalue weighted by molar-refractivity contribution is -0.119. The Morgan fingerprint density at radius 1 is 0.736 bits per heavy atom. The van der Waals surface area contributed by atoms with E-state index in [9.17, 15) is 24.0 Å². The number of H-pyrrole nitrogens is 2. The molecule has 0 atom stereocenters. The molecule has 9 N–H and O–H groups in total. The minimum Gasteiger partial charge on any atom is -0.482 e. The van der Waals surface area contributed by atoms with Crippen LogP contribution < -0.4 is 41.8 Å². The number of amides is 5. The van der Waals surface area contributed by atoms with E-state index in [0.717, 1.165) is 11.1 Å². The number of carbonyl (C=O) groups excluding carboxylic acids is 5. The van der Waals surface area contributed by atoms with E-state index in [-0.39, 0.29) is 67.0 Å². The zero-order valence-corrected chi connectivity index (χ0v) is 27.6. The number of nitrogen functional groups attached to an aromatic ring is 1. The molecule has 2 aliphatic rings. The van der Waals surface area contributed by atoms with E-state index in [0.29, 0.717) is 44.9 Å². The van der Waals surface area contributed by atoms with Crippen LogP contribution in [0.3, 0.4) is 0 Å². The molecule has 2 aromatic carbocycles. The van der Waals surface area contributed by atoms with Crippen molar-refractivity contribution < 1.29 is 33.4 Å². The lowest BCUT2D eigenvalue weighted by atomic mass is 10.1. The molecule has 0 saturated carbocycles. The first-order valence-corrected chi connectivity index (χ1v) is 15.7. The van der Waals surface area contributed by atoms with Gasteiger partial charge >= 0.3 is 0 Å². The predicted octanol–water partition coefficient (Wildman–Crippen LogP) is 0.768. The predicted molar refractivity (Wildman–Crippen MR) is 186 cm³/mol. The summed E-state index contributed by atoms with van der Waals surface area (Å²) in [5.41, 5.74) is 10.1. The first kappa shape index (κ1) is 33.8. The van der Waals surface area contributed by atoms with E-state index in [1.54, 1.807) is 36.4 Å². The molecule has 6 aromatic rings. The molecule has 2 aliphatic heterocycles. The summed E-state index contributed by atoms with van der Waals surface area (Å²) < 4.78 is 10.6. The fourth-order valence-corrected chi connectivity index (χ4v) is 5.30. The molecule has 5 amide bonds. The van der Waals surface area contributed by atoms with Crippen LogP contribution in [0, 0.1) is 0 Å². The number of anilines is 4. The van der Waals surface area contributed by atoms with Crippen molar-refractivity contribution in [3.63, 3.8) is 0 Å². The number of nitrogens with zero attached hydrogens (tertiary/aromatic N) is 6. The van der Waals surface area contributed by atoms with Crippen molar-refractivity contribution in [2.45, 2.75) is 20.0 Å². The summed E-state index contributed by atoms with van der Waals surface area (Å²) in [6.45, 7) is 1.79. The largest absolute Gasteiger partial charge is 0.482 e. The van der Waals surface area contributed by atoms with E-state index in [1.165, 1.54) is 19.6 Å². The topological polar surface area (TPSA) is 299 Å². The number of hydrogen-bond acceptors (Lipinski definition) is 14. The van der Waals surface area contributed by atoms with Crippen LogP contribution >= 0.6 is 0 Å². The molecule has 21 nitrogen and oxygen atoms in total. The highest BCUT2D eigenvalue weighted by Gasteiger charge is 2.21. The Kier molecular flexibility index (Phi) is 9.09. The van der Waals surface area contributed by atoms with Crippen molar-refractivity contribution in [1.29, 1.82) is 0 Å². The molecule has 0 bridgehead atoms. The normalized spacial score (nSPS) is 12.8. The first-order chi connectivity index (χ1) is 25.6. The standard InChI is InChI=1S/C17H15N7O4.C15H13N7O3/c1-8(25)21-16-14-13(23-24-16)15(20-7-19-14)17(27)18-5-9-2-3-11-10(4-9)22-12(26)6-28-11;16-14-12-11(21-22-14)13(19-6-18-12)15(24)17-4-7-1-2-9-8(3-7)20-10(23)5-25-9/h2-4,7H,5-6H2,1H3,(H,18,27)(H,22,26)(H2,21,23,24,25);1-3,6H,4-5H2,(H,17,24)(H,20,23)(H3,16,21,22). The Labute approximate surface area is 296 Å². The number of hydrogen-bond donors (Lipinski definition) is 8. The molecule has 0 radical (unpaired) electrons. The third-order valence-electron chi connectivity index (χ3n) is 7.71. The number of nitrogens with two attached hydrogens (primary N) is 1. The number of aromatic nitrogens is 8. The summed E-state index contributed by atoms with van der Waals surface area (Å²) in [7, 11) is 0. The molecule has 8 rings (SSSR count). The maximum atomic E-state index is 12.6. The van der Waals surface area contributed by atoms with Gasteiger partial charge in [-0.1, -0.05) is 12.1 Å². The van der Waals surface area contributed by atoms with Gasteiger partial charge in [-0.15, -0.1) is 0 Å². The molecule has 53 heavy (non-hydrogen) atoms. The zero-order chi connectivity index (χ0) is 37.1. The van der Waals surface area contributed by atoms with Crippen molar-refractivity contribution in [2.24, 2.45) is 0 Å². The van der Waals surface area contributed by atoms with Gasteiger partial charge < -0.3 is 41.8 Å². The second-order valence-corrected chi connectivity index (χ2v) is 11.5. The summed E-state index contributed by atoms with van der Waals surface area (Å²) in [6, 6.07) is 10.5. The smallest absolute Gasteiger partial charge is 0.272 e. The van der Waals surface area contributed by atoms with Crippen molar-refractivity contribution in [1.82, 2.24) is 51.0 Å². The minimum absolute atomic E-state index is 0.000106. The number of carbonyl (C=O) groups is 5. The minimum atomic E-state index is -0.441. The first-order valence-electron chi connectivity index (χ1n) is 15.7. The average Bonchev–Trinajstić information content (AvgIpc) is 3.75. The van der Waals surface area contributed by atoms with Crippen LogP contribution in [0.4, 0.5) is 23.0 Å². The number of nitrogens with one attached hydrogen (secondary N) is 7. The SMILES string of the molecule is CC(=O)Nc1n[nH]c2c(C(=O)NCc3ccc4c(c3)NC(=O)CO4)ncnc12.Nc1n[nH]c2c(C(=O)NCc3ccc4c(c3)NC(=O)CO4)ncnc12. The van der Waals surface area contributed by atoms with Crippen molar-refractivity contribution >= 4 is 74.6 Å². The fourth-order valence-electron chi connectivity index (χ4n) is 5.30. The van der Waals surface area contributed by atoms with Gasteiger partial charge in [0, 0.05) is 20.0 Å². The van der Waals surface area contributed by atoms with E-state index in [4.69, 9.17) is 15.2 Å². The fraction of sp³-hybridized carbons (Fsp3) is 0.156. The zero-order valence-electron chi connectivity index (χ0n) is 27.6. The van der Waals surface area contributed by atoms with E-state index in [2.05, 4.69) is 66.9 Å². The number of rotatable bonds is 7. The third-order valence-corrected chi connectivity index (χ3v) is 7.71. The van der Waals surface area contributed by atoms with E-state index < -0.39 is 11.8 Å². The summed E-state index contributed by atoms with van der Waals surface area (Å²) in [5.74, 6) is 0.0238. The Bertz CT molecular complexity index is 2440. The Morgan fingerprint density at radius 3 is 1.79 bits per heavy atom. The molecule has 0 fully saturated rings. The molecule has 0 aliphatic carbocycles. The maximum absolute atomic E-state index is 12.6. The molecular weight excluding hydrogens is 692 g/mol. The maximum Gasteiger partial charge on any atom is 0.272 e. The Hall–Kier alpha value is -7.71. The highest BCUT2D eigenvalue weighted by molar-refractivity contribution is 6.07. The van der Waals surface area contributed by atoms with Gasteiger partial charge in [-0.3, -0.25) is 34.2 Å². The summed E-state index contributed by atoms with van der Waals surface area (Å²) in [4.78, 5) is 75.0. The molecule has 6 heterocycles. The molecule has 0 unspecified atom stereocenters. The van der Waals surface area contributed by atoms with Crippen LogP contribution in [0.5, 0.6) is 11.5 Å². The Balaban J connectivity index is 0.000000165. The van der Waals surface area contributed by atoms with Crippen LogP contribution in [0.1, 0.15) is 39.0 Å². The Morgan fingerprint density at radius 2 is 1.25 bits per heavy atom. The lowest BCUT2D eigenvalue weighted by Crippen LogP contribution is -2.26. The van der Waals surface area contributed by atoms with Gasteiger partial charge in [-0.2, -0.15) is 10.2 Å². The molecule has 0 spiro atoms. The molecule has 268 valence electrons. The van der Waals surface area contributed by atoms with Crippen LogP contribution in [0.15, 0.2) is 49.1 Å². The van der Waals surface area contributed by atoms with Crippen molar-refractivity contribution in [3.8, 4) is 11.5 Å². The van der Waals surface area contributed by atoms with Crippen LogP contribution in [-0.4, -0.2) is 83.1 Å². The van der Waals surface area contributed by atoms with Gasteiger partial charge in [0.25, 0.3) is 23.6 Å². The third kappa shape index (κ3) is 7.28. The molecule has 0 saturated heterocycles. The highest BCUT2D eigenvalue weighted by atomic mass is 16.5. The second kappa shape index (κ2) is 14.3. The average molecular weight is 721 g/mol. The van der Waals surface area contributed by atoms with E-state index >= 15 is 0 Å². The van der Waals surface area contributed by atoms with Crippen molar-refractivity contribution in [2.75, 3.05) is 34.9 Å². The number of aromatic amines is 2. The van der Waals surface area contributed by atoms with Crippen molar-refractivity contribution in [3.05, 3.63) is 71.6 Å². The second-order valence-electron chi connectivity index (χ2n) is 11.5. The van der Waals surface area contributed by atoms with Crippen LogP contribution in [0.2, 0.25) is 0 Å². The molecule has 4 aromatic heterocycles. The van der Waals surface area contributed by atoms with Gasteiger partial charge in [-0.05, 0) is 35.4 Å². The van der Waals surface area contributed by atoms with E-state index in [1.807, 2.05) is 0 Å². The molecule has 21 heteroatoms. The number of fused-ring (bicyclic) bond motifs is 4. The van der Waals surface area contributed by atoms with Crippen LogP contribution in [0.25, 0.3) is 22.1 Å². The van der Waals surface area contributed by atoms with Crippen LogP contribution in [-0.2, 0) is 27.5 Å². The number of benzene rings is 2. The quantitative estimate of drug-likeness (QED) is 0.113. The summed E-state index contributed by atoms with van der Waals surface area (Å²) >= 11 is 0. The van der Waals surface area contributed by atoms with Gasteiger partial charge in [-0.25, -0.2) is 19.9 Å². The monoisotopic (exact) mass is 720 g/mol. The van der Waals surface area contributed by atoms with Gasteiger partial charge in [0.1, 0.15) is 46.2 Å². The van der Waals surface area contributed by atoms with Gasteiger partial charge in [0.2, 0.25) is 5.91 Å². The van der Waals surface area contributed by atoms with Gasteiger partial charge in [0.05, 0.1) is 11.4 Å². The van der Waals surface area contributed by atoms with Gasteiger partial charge in [0.15, 0.2) is 36.2 Å². The molecular formula is C32H28N14O7. The lowest BCUT2D eigenvalue weighted by Gasteiger charge is -2.18. The summed E-state index contributed by atoms with van der Waals surface area (Å²) in [6.07, 6.45) is 2.48. The number of ether oxygens (including phenoxy) is 2.